The number of halogens is 2. The van der Waals surface area contributed by atoms with Crippen LogP contribution in [0.5, 0.6) is 5.75 Å². The predicted octanol–water partition coefficient (Wildman–Crippen LogP) is 2.01. The average Bonchev–Trinajstić information content (AvgIpc) is 2.13. The van der Waals surface area contributed by atoms with Gasteiger partial charge in [-0.25, -0.2) is 4.39 Å². The van der Waals surface area contributed by atoms with Gasteiger partial charge in [-0.1, -0.05) is 0 Å². The highest BCUT2D eigenvalue weighted by molar-refractivity contribution is 9.10. The van der Waals surface area contributed by atoms with Gasteiger partial charge in [0.2, 0.25) is 0 Å². The molecular weight excluding hydrogens is 255 g/mol. The number of carbonyl (C=O) groups is 1. The first-order chi connectivity index (χ1) is 6.54. The third kappa shape index (κ3) is 2.45. The molecule has 0 amide bonds. The van der Waals surface area contributed by atoms with Crippen molar-refractivity contribution in [3.63, 3.8) is 0 Å². The molecule has 76 valence electrons. The summed E-state index contributed by atoms with van der Waals surface area (Å²) in [5.74, 6) is -1.22. The minimum atomic E-state index is -0.562. The van der Waals surface area contributed by atoms with Crippen LogP contribution < -0.4 is 0 Å². The average molecular weight is 263 g/mol. The van der Waals surface area contributed by atoms with Gasteiger partial charge in [-0.05, 0) is 28.1 Å². The molecule has 0 fully saturated rings. The van der Waals surface area contributed by atoms with Crippen LogP contribution in [0, 0.1) is 5.82 Å². The largest absolute Gasteiger partial charge is 0.508 e. The fourth-order valence-corrected chi connectivity index (χ4v) is 1.48. The van der Waals surface area contributed by atoms with Crippen molar-refractivity contribution < 1.29 is 19.0 Å². The first kappa shape index (κ1) is 11.0. The first-order valence-corrected chi connectivity index (χ1v) is 4.57. The molecule has 0 heterocycles. The van der Waals surface area contributed by atoms with Gasteiger partial charge in [0.25, 0.3) is 0 Å². The molecule has 0 aliphatic heterocycles. The number of benzene rings is 1. The van der Waals surface area contributed by atoms with Gasteiger partial charge in [0.05, 0.1) is 18.0 Å². The lowest BCUT2D eigenvalue weighted by Gasteiger charge is -2.04. The molecule has 0 aliphatic carbocycles. The van der Waals surface area contributed by atoms with Gasteiger partial charge in [-0.2, -0.15) is 0 Å². The fraction of sp³-hybridized carbons (Fsp3) is 0.222. The van der Waals surface area contributed by atoms with E-state index in [1.807, 2.05) is 0 Å². The Bertz CT molecular complexity index is 365. The van der Waals surface area contributed by atoms with E-state index in [0.717, 1.165) is 0 Å². The van der Waals surface area contributed by atoms with Crippen molar-refractivity contribution >= 4 is 21.9 Å². The van der Waals surface area contributed by atoms with Crippen molar-refractivity contribution in [1.29, 1.82) is 0 Å². The van der Waals surface area contributed by atoms with Gasteiger partial charge >= 0.3 is 5.97 Å². The molecule has 1 aromatic rings. The Kier molecular flexibility index (Phi) is 3.46. The van der Waals surface area contributed by atoms with Crippen LogP contribution in [0.1, 0.15) is 5.56 Å². The SMILES string of the molecule is COC(=O)Cc1cc(O)cc(Br)c1F. The van der Waals surface area contributed by atoms with Crippen molar-refractivity contribution in [2.75, 3.05) is 7.11 Å². The molecule has 0 aliphatic rings. The van der Waals surface area contributed by atoms with Crippen LogP contribution in [0.3, 0.4) is 0 Å². The van der Waals surface area contributed by atoms with Crippen molar-refractivity contribution in [3.05, 3.63) is 28.0 Å². The normalized spacial score (nSPS) is 9.93. The third-order valence-corrected chi connectivity index (χ3v) is 2.23. The summed E-state index contributed by atoms with van der Waals surface area (Å²) >= 11 is 2.92. The Morgan fingerprint density at radius 1 is 1.64 bits per heavy atom. The molecule has 0 saturated heterocycles. The number of esters is 1. The molecule has 5 heteroatoms. The standard InChI is InChI=1S/C9H8BrFO3/c1-14-8(13)3-5-2-6(12)4-7(10)9(5)11/h2,4,12H,3H2,1H3. The lowest BCUT2D eigenvalue weighted by Crippen LogP contribution is -2.06. The minimum Gasteiger partial charge on any atom is -0.508 e. The molecule has 1 N–H and O–H groups in total. The molecule has 3 nitrogen and oxygen atoms in total. The van der Waals surface area contributed by atoms with E-state index < -0.39 is 11.8 Å². The van der Waals surface area contributed by atoms with E-state index in [9.17, 15) is 9.18 Å². The number of rotatable bonds is 2. The van der Waals surface area contributed by atoms with Crippen LogP contribution in [-0.2, 0) is 16.0 Å². The summed E-state index contributed by atoms with van der Waals surface area (Å²) in [5.41, 5.74) is 0.101. The van der Waals surface area contributed by atoms with E-state index in [1.165, 1.54) is 19.2 Å². The van der Waals surface area contributed by atoms with Gasteiger partial charge in [0.15, 0.2) is 0 Å². The van der Waals surface area contributed by atoms with E-state index in [0.29, 0.717) is 0 Å². The van der Waals surface area contributed by atoms with Crippen LogP contribution in [0.2, 0.25) is 0 Å². The summed E-state index contributed by atoms with van der Waals surface area (Å²) in [5, 5.41) is 9.16. The van der Waals surface area contributed by atoms with Gasteiger partial charge in [-0.3, -0.25) is 4.79 Å². The first-order valence-electron chi connectivity index (χ1n) is 3.78. The topological polar surface area (TPSA) is 46.5 Å². The van der Waals surface area contributed by atoms with Gasteiger partial charge < -0.3 is 9.84 Å². The van der Waals surface area contributed by atoms with Gasteiger partial charge in [0, 0.05) is 5.56 Å². The van der Waals surface area contributed by atoms with Gasteiger partial charge in [0.1, 0.15) is 11.6 Å². The number of phenolic OH excluding ortho intramolecular Hbond substituents is 1. The molecule has 0 atom stereocenters. The number of ether oxygens (including phenoxy) is 1. The van der Waals surface area contributed by atoms with E-state index in [1.54, 1.807) is 0 Å². The summed E-state index contributed by atoms with van der Waals surface area (Å²) in [4.78, 5) is 10.9. The summed E-state index contributed by atoms with van der Waals surface area (Å²) in [6.45, 7) is 0. The van der Waals surface area contributed by atoms with Crippen LogP contribution >= 0.6 is 15.9 Å². The smallest absolute Gasteiger partial charge is 0.310 e. The number of carbonyl (C=O) groups excluding carboxylic acids is 1. The molecule has 14 heavy (non-hydrogen) atoms. The Morgan fingerprint density at radius 3 is 2.86 bits per heavy atom. The number of methoxy groups -OCH3 is 1. The number of hydrogen-bond donors (Lipinski definition) is 1. The van der Waals surface area contributed by atoms with Crippen LogP contribution in [-0.4, -0.2) is 18.2 Å². The Hall–Kier alpha value is -1.10. The van der Waals surface area contributed by atoms with Crippen molar-refractivity contribution in [3.8, 4) is 5.75 Å². The molecule has 0 saturated carbocycles. The lowest BCUT2D eigenvalue weighted by atomic mass is 10.1. The van der Waals surface area contributed by atoms with Crippen molar-refractivity contribution in [2.24, 2.45) is 0 Å². The molecular formula is C9H8BrFO3. The zero-order valence-electron chi connectivity index (χ0n) is 7.38. The highest BCUT2D eigenvalue weighted by Crippen LogP contribution is 2.25. The summed E-state index contributed by atoms with van der Waals surface area (Å²) in [6, 6.07) is 2.41. The quantitative estimate of drug-likeness (QED) is 0.830. The van der Waals surface area contributed by atoms with Crippen molar-refractivity contribution in [2.45, 2.75) is 6.42 Å². The molecule has 0 radical (unpaired) electrons. The third-order valence-electron chi connectivity index (χ3n) is 1.65. The highest BCUT2D eigenvalue weighted by Gasteiger charge is 2.12. The molecule has 1 aromatic carbocycles. The minimum absolute atomic E-state index is 0.0998. The van der Waals surface area contributed by atoms with E-state index in [4.69, 9.17) is 5.11 Å². The fourth-order valence-electron chi connectivity index (χ4n) is 0.986. The Balaban J connectivity index is 3.02. The number of aromatic hydroxyl groups is 1. The molecule has 0 aromatic heterocycles. The monoisotopic (exact) mass is 262 g/mol. The number of hydrogen-bond acceptors (Lipinski definition) is 3. The molecule has 0 spiro atoms. The summed E-state index contributed by atoms with van der Waals surface area (Å²) in [6.07, 6.45) is -0.199. The molecule has 0 unspecified atom stereocenters. The molecule has 1 rings (SSSR count). The van der Waals surface area contributed by atoms with Crippen LogP contribution in [0.25, 0.3) is 0 Å². The maximum atomic E-state index is 13.3. The zero-order chi connectivity index (χ0) is 10.7. The summed E-state index contributed by atoms with van der Waals surface area (Å²) < 4.78 is 17.8. The predicted molar refractivity (Wildman–Crippen MR) is 51.5 cm³/mol. The molecule has 0 bridgehead atoms. The second-order valence-corrected chi connectivity index (χ2v) is 3.51. The van der Waals surface area contributed by atoms with E-state index in [-0.39, 0.29) is 22.2 Å². The Labute approximate surface area is 88.6 Å². The second-order valence-electron chi connectivity index (χ2n) is 2.65. The maximum Gasteiger partial charge on any atom is 0.310 e. The number of phenols is 1. The van der Waals surface area contributed by atoms with E-state index >= 15 is 0 Å². The highest BCUT2D eigenvalue weighted by atomic mass is 79.9. The van der Waals surface area contributed by atoms with Gasteiger partial charge in [-0.15, -0.1) is 0 Å². The van der Waals surface area contributed by atoms with E-state index in [2.05, 4.69) is 20.7 Å². The van der Waals surface area contributed by atoms with Crippen LogP contribution in [0.4, 0.5) is 4.39 Å². The lowest BCUT2D eigenvalue weighted by molar-refractivity contribution is -0.139. The maximum absolute atomic E-state index is 13.3. The van der Waals surface area contributed by atoms with Crippen molar-refractivity contribution in [1.82, 2.24) is 0 Å². The summed E-state index contributed by atoms with van der Waals surface area (Å²) in [7, 11) is 1.22. The second kappa shape index (κ2) is 4.41. The zero-order valence-corrected chi connectivity index (χ0v) is 8.97. The Morgan fingerprint density at radius 2 is 2.29 bits per heavy atom. The van der Waals surface area contributed by atoms with Crippen LogP contribution in [0.15, 0.2) is 16.6 Å².